The molecule has 37 heavy (non-hydrogen) atoms. The van der Waals surface area contributed by atoms with E-state index in [9.17, 15) is 14.4 Å². The van der Waals surface area contributed by atoms with Gasteiger partial charge < -0.3 is 14.6 Å². The molecule has 6 nitrogen and oxygen atoms in total. The van der Waals surface area contributed by atoms with Gasteiger partial charge in [0, 0.05) is 16.9 Å². The lowest BCUT2D eigenvalue weighted by molar-refractivity contribution is -0.121. The molecule has 3 aromatic carbocycles. The largest absolute Gasteiger partial charge is 0.461 e. The molecular formula is C31H22N2O4. The highest BCUT2D eigenvalue weighted by molar-refractivity contribution is 6.18. The van der Waals surface area contributed by atoms with Gasteiger partial charge in [-0.3, -0.25) is 14.4 Å². The van der Waals surface area contributed by atoms with Crippen LogP contribution in [0.15, 0.2) is 108 Å². The number of hydrogen-bond acceptors (Lipinski definition) is 5. The van der Waals surface area contributed by atoms with Crippen LogP contribution < -0.4 is 10.2 Å². The Morgan fingerprint density at radius 1 is 0.838 bits per heavy atom. The van der Waals surface area contributed by atoms with Crippen molar-refractivity contribution in [2.75, 3.05) is 10.2 Å². The topological polar surface area (TPSA) is 79.6 Å². The zero-order valence-corrected chi connectivity index (χ0v) is 19.7. The maximum absolute atomic E-state index is 14.4. The molecule has 0 bridgehead atoms. The summed E-state index contributed by atoms with van der Waals surface area (Å²) in [6.07, 6.45) is 5.38. The maximum atomic E-state index is 14.4. The molecule has 3 aliphatic heterocycles. The number of benzene rings is 3. The van der Waals surface area contributed by atoms with Crippen molar-refractivity contribution in [2.24, 2.45) is 5.92 Å². The maximum Gasteiger partial charge on any atom is 0.238 e. The first kappa shape index (κ1) is 21.6. The Kier molecular flexibility index (Phi) is 4.60. The number of fused-ring (bicyclic) bond motifs is 6. The van der Waals surface area contributed by atoms with Crippen LogP contribution >= 0.6 is 0 Å². The predicted octanol–water partition coefficient (Wildman–Crippen LogP) is 5.14. The molecule has 7 rings (SSSR count). The summed E-state index contributed by atoms with van der Waals surface area (Å²) in [6, 6.07) is 25.9. The number of carbonyl (C=O) groups excluding carboxylic acids is 3. The molecule has 1 amide bonds. The van der Waals surface area contributed by atoms with Gasteiger partial charge in [0.15, 0.2) is 11.5 Å². The fraction of sp³-hybridized carbons (Fsp3) is 0.129. The lowest BCUT2D eigenvalue weighted by Gasteiger charge is -2.37. The monoisotopic (exact) mass is 486 g/mol. The van der Waals surface area contributed by atoms with E-state index >= 15 is 0 Å². The van der Waals surface area contributed by atoms with E-state index in [1.165, 1.54) is 6.26 Å². The molecule has 1 N–H and O–H groups in total. The third kappa shape index (κ3) is 2.84. The van der Waals surface area contributed by atoms with Gasteiger partial charge in [-0.2, -0.15) is 0 Å². The zero-order valence-electron chi connectivity index (χ0n) is 19.7. The summed E-state index contributed by atoms with van der Waals surface area (Å²) in [5.41, 5.74) is 2.27. The Bertz CT molecular complexity index is 1590. The summed E-state index contributed by atoms with van der Waals surface area (Å²) in [4.78, 5) is 44.9. The quantitative estimate of drug-likeness (QED) is 0.404. The van der Waals surface area contributed by atoms with E-state index in [0.29, 0.717) is 16.8 Å². The number of anilines is 2. The van der Waals surface area contributed by atoms with E-state index in [1.807, 2.05) is 71.6 Å². The molecule has 4 heterocycles. The number of hydrogen-bond donors (Lipinski definition) is 1. The van der Waals surface area contributed by atoms with Crippen LogP contribution in [0.3, 0.4) is 0 Å². The van der Waals surface area contributed by atoms with Crippen molar-refractivity contribution in [1.29, 1.82) is 0 Å². The van der Waals surface area contributed by atoms with Gasteiger partial charge in [-0.05, 0) is 35.4 Å². The number of ketones is 2. The van der Waals surface area contributed by atoms with Gasteiger partial charge in [0.25, 0.3) is 0 Å². The Morgan fingerprint density at radius 3 is 2.41 bits per heavy atom. The van der Waals surface area contributed by atoms with E-state index in [4.69, 9.17) is 4.42 Å². The van der Waals surface area contributed by atoms with Crippen molar-refractivity contribution in [3.63, 3.8) is 0 Å². The molecule has 1 saturated heterocycles. The number of nitrogens with zero attached hydrogens (tertiary/aromatic N) is 1. The Morgan fingerprint density at radius 2 is 1.59 bits per heavy atom. The molecule has 1 aromatic heterocycles. The standard InChI is InChI=1S/C31H22N2O4/c34-28(20-10-2-1-3-11-20)27-26(29(35)24-15-8-18-37-24)31(21-12-5-6-13-22(21)32-30(31)36)25-17-16-19-9-4-7-14-23(19)33(25)27/h1-18,25-27H,(H,32,36)/t25-,26+,27-,31+/m0/s1. The highest BCUT2D eigenvalue weighted by Crippen LogP contribution is 2.58. The van der Waals surface area contributed by atoms with E-state index in [1.54, 1.807) is 36.4 Å². The van der Waals surface area contributed by atoms with Crippen LogP contribution in [0.25, 0.3) is 6.08 Å². The number of amides is 1. The Labute approximate surface area is 213 Å². The fourth-order valence-electron chi connectivity index (χ4n) is 6.46. The average Bonchev–Trinajstić information content (AvgIpc) is 3.65. The lowest BCUT2D eigenvalue weighted by Crippen LogP contribution is -2.51. The van der Waals surface area contributed by atoms with Gasteiger partial charge in [0.1, 0.15) is 11.5 Å². The minimum Gasteiger partial charge on any atom is -0.461 e. The number of carbonyl (C=O) groups is 3. The van der Waals surface area contributed by atoms with Gasteiger partial charge in [-0.15, -0.1) is 0 Å². The van der Waals surface area contributed by atoms with E-state index in [-0.39, 0.29) is 23.2 Å². The normalized spacial score (nSPS) is 24.9. The fourth-order valence-corrected chi connectivity index (χ4v) is 6.46. The van der Waals surface area contributed by atoms with E-state index < -0.39 is 23.4 Å². The summed E-state index contributed by atoms with van der Waals surface area (Å²) >= 11 is 0. The SMILES string of the molecule is O=C(c1ccccc1)[C@@H]1[C@H](C(=O)c2ccco2)[C@]2(C(=O)Nc3ccccc32)[C@@H]2C=Cc3ccccc3N12. The number of para-hydroxylation sites is 2. The van der Waals surface area contributed by atoms with E-state index in [2.05, 4.69) is 5.32 Å². The molecule has 0 aliphatic carbocycles. The minimum absolute atomic E-state index is 0.129. The van der Waals surface area contributed by atoms with E-state index in [0.717, 1.165) is 11.3 Å². The molecule has 0 saturated carbocycles. The van der Waals surface area contributed by atoms with Crippen molar-refractivity contribution in [3.8, 4) is 0 Å². The van der Waals surface area contributed by atoms with Crippen molar-refractivity contribution >= 4 is 34.9 Å². The van der Waals surface area contributed by atoms with Crippen LogP contribution in [0.4, 0.5) is 11.4 Å². The minimum atomic E-state index is -1.33. The second-order valence-corrected chi connectivity index (χ2v) is 9.63. The van der Waals surface area contributed by atoms with Gasteiger partial charge in [0.2, 0.25) is 11.7 Å². The van der Waals surface area contributed by atoms with Crippen LogP contribution in [0.2, 0.25) is 0 Å². The van der Waals surface area contributed by atoms with Crippen molar-refractivity contribution in [3.05, 3.63) is 126 Å². The third-order valence-corrected chi connectivity index (χ3v) is 7.92. The summed E-state index contributed by atoms with van der Waals surface area (Å²) < 4.78 is 5.56. The summed E-state index contributed by atoms with van der Waals surface area (Å²) in [5, 5.41) is 3.02. The average molecular weight is 487 g/mol. The number of rotatable bonds is 4. The summed E-state index contributed by atoms with van der Waals surface area (Å²) in [5.74, 6) is -1.78. The number of furan rings is 1. The highest BCUT2D eigenvalue weighted by atomic mass is 16.3. The molecule has 4 atom stereocenters. The van der Waals surface area contributed by atoms with Crippen molar-refractivity contribution < 1.29 is 18.8 Å². The molecule has 3 aliphatic rings. The smallest absolute Gasteiger partial charge is 0.238 e. The van der Waals surface area contributed by atoms with Crippen molar-refractivity contribution in [1.82, 2.24) is 0 Å². The second kappa shape index (κ2) is 7.90. The molecule has 4 aromatic rings. The zero-order chi connectivity index (χ0) is 25.1. The van der Waals surface area contributed by atoms with Crippen LogP contribution in [0.5, 0.6) is 0 Å². The molecule has 1 fully saturated rings. The van der Waals surface area contributed by atoms with Gasteiger partial charge in [0.05, 0.1) is 18.2 Å². The van der Waals surface area contributed by atoms with Gasteiger partial charge in [-0.1, -0.05) is 78.9 Å². The highest BCUT2D eigenvalue weighted by Gasteiger charge is 2.70. The van der Waals surface area contributed by atoms with Crippen LogP contribution in [-0.2, 0) is 10.2 Å². The number of nitrogens with one attached hydrogen (secondary N) is 1. The van der Waals surface area contributed by atoms with Gasteiger partial charge >= 0.3 is 0 Å². The first-order valence-electron chi connectivity index (χ1n) is 12.3. The van der Waals surface area contributed by atoms with Crippen LogP contribution in [0, 0.1) is 5.92 Å². The lowest BCUT2D eigenvalue weighted by atomic mass is 9.64. The third-order valence-electron chi connectivity index (χ3n) is 7.92. The molecule has 180 valence electrons. The van der Waals surface area contributed by atoms with Crippen molar-refractivity contribution in [2.45, 2.75) is 17.5 Å². The number of Topliss-reactive ketones (excluding diaryl/α,β-unsaturated/α-hetero) is 2. The molecule has 0 radical (unpaired) electrons. The molecule has 6 heteroatoms. The predicted molar refractivity (Wildman–Crippen MR) is 140 cm³/mol. The van der Waals surface area contributed by atoms with Crippen LogP contribution in [-0.4, -0.2) is 29.6 Å². The Hall–Kier alpha value is -4.71. The first-order chi connectivity index (χ1) is 18.1. The first-order valence-corrected chi connectivity index (χ1v) is 12.3. The Balaban J connectivity index is 1.55. The summed E-state index contributed by atoms with van der Waals surface area (Å²) in [6.45, 7) is 0. The molecule has 1 spiro atoms. The van der Waals surface area contributed by atoms with Crippen LogP contribution in [0.1, 0.15) is 32.0 Å². The second-order valence-electron chi connectivity index (χ2n) is 9.63. The van der Waals surface area contributed by atoms with Gasteiger partial charge in [-0.25, -0.2) is 0 Å². The summed E-state index contributed by atoms with van der Waals surface area (Å²) in [7, 11) is 0. The molecule has 0 unspecified atom stereocenters. The molecular weight excluding hydrogens is 464 g/mol.